The third kappa shape index (κ3) is 6.69. The molecule has 0 bridgehead atoms. The molecule has 0 N–H and O–H groups in total. The summed E-state index contributed by atoms with van der Waals surface area (Å²) in [6, 6.07) is 21.1. The Morgan fingerprint density at radius 3 is 1.00 bits per heavy atom. The molecule has 0 aliphatic rings. The minimum absolute atomic E-state index is 1.01. The van der Waals surface area contributed by atoms with E-state index in [0.717, 1.165) is 67.8 Å². The highest BCUT2D eigenvalue weighted by atomic mass is 79.9. The smallest absolute Gasteiger partial charge is 0.0344 e. The number of halogens is 8. The van der Waals surface area contributed by atoms with Gasteiger partial charge in [0, 0.05) is 45.6 Å². The maximum atomic E-state index is 3.82. The lowest BCUT2D eigenvalue weighted by molar-refractivity contribution is 1.33. The van der Waals surface area contributed by atoms with Crippen molar-refractivity contribution in [2.24, 2.45) is 0 Å². The minimum Gasteiger partial charge on any atom is -0.0864 e. The van der Waals surface area contributed by atoms with Crippen molar-refractivity contribution in [3.63, 3.8) is 0 Å². The average molecular weight is 970 g/mol. The van der Waals surface area contributed by atoms with E-state index in [1.807, 2.05) is 12.1 Å². The van der Waals surface area contributed by atoms with Gasteiger partial charge < -0.3 is 0 Å². The van der Waals surface area contributed by atoms with Crippen molar-refractivity contribution in [3.8, 4) is 22.3 Å². The van der Waals surface area contributed by atoms with Crippen LogP contribution in [-0.2, 0) is 0 Å². The molecular weight excluding hydrogens is 960 g/mol. The fraction of sp³-hybridized carbons (Fsp3) is 0. The van der Waals surface area contributed by atoms with Crippen LogP contribution < -0.4 is 0 Å². The normalized spacial score (nSPS) is 11.2. The number of hydrogen-bond donors (Lipinski definition) is 0. The molecule has 0 atom stereocenters. The standard InChI is InChI=1S/C24H10Br8S/c25-13-1-11(2-14(26)5-13)19-7-17(29)9-21(31)23(19)33-24-20(8-18(30)10-22(24)32)12-3-15(27)6-16(28)4-12/h1-10H. The average Bonchev–Trinajstić information content (AvgIpc) is 2.69. The van der Waals surface area contributed by atoms with E-state index in [4.69, 9.17) is 0 Å². The van der Waals surface area contributed by atoms with Crippen LogP contribution in [-0.4, -0.2) is 0 Å². The SMILES string of the molecule is Brc1cc(Br)cc(-c2cc(Br)cc(Br)c2Sc2c(Br)cc(Br)cc2-c2cc(Br)cc(Br)c2)c1. The molecule has 0 aromatic heterocycles. The molecule has 0 nitrogen and oxygen atoms in total. The summed E-state index contributed by atoms with van der Waals surface area (Å²) in [6.45, 7) is 0. The van der Waals surface area contributed by atoms with E-state index < -0.39 is 0 Å². The lowest BCUT2D eigenvalue weighted by atomic mass is 10.1. The first-order valence-electron chi connectivity index (χ1n) is 9.19. The Hall–Kier alpha value is 1.07. The van der Waals surface area contributed by atoms with Crippen molar-refractivity contribution in [3.05, 3.63) is 96.4 Å². The van der Waals surface area contributed by atoms with Crippen molar-refractivity contribution in [1.82, 2.24) is 0 Å². The van der Waals surface area contributed by atoms with Crippen molar-refractivity contribution >= 4 is 139 Å². The summed E-state index contributed by atoms with van der Waals surface area (Å²) in [5, 5.41) is 0. The quantitative estimate of drug-likeness (QED) is 0.196. The van der Waals surface area contributed by atoms with Gasteiger partial charge in [0.2, 0.25) is 0 Å². The zero-order chi connectivity index (χ0) is 23.9. The predicted molar refractivity (Wildman–Crippen MR) is 169 cm³/mol. The third-order valence-corrected chi connectivity index (χ3v) is 10.4. The number of rotatable bonds is 4. The van der Waals surface area contributed by atoms with E-state index >= 15 is 0 Å². The van der Waals surface area contributed by atoms with Gasteiger partial charge in [-0.15, -0.1) is 0 Å². The molecular formula is C24H10Br8S. The van der Waals surface area contributed by atoms with E-state index in [1.165, 1.54) is 0 Å². The van der Waals surface area contributed by atoms with E-state index in [1.54, 1.807) is 11.8 Å². The summed E-state index contributed by atoms with van der Waals surface area (Å²) < 4.78 is 8.12. The van der Waals surface area contributed by atoms with Crippen molar-refractivity contribution < 1.29 is 0 Å². The number of hydrogen-bond acceptors (Lipinski definition) is 1. The molecule has 0 amide bonds. The van der Waals surface area contributed by atoms with E-state index in [-0.39, 0.29) is 0 Å². The van der Waals surface area contributed by atoms with Gasteiger partial charge in [-0.1, -0.05) is 107 Å². The van der Waals surface area contributed by atoms with Crippen LogP contribution in [0.15, 0.2) is 106 Å². The van der Waals surface area contributed by atoms with Gasteiger partial charge in [-0.2, -0.15) is 0 Å². The minimum atomic E-state index is 1.01. The van der Waals surface area contributed by atoms with E-state index in [0.29, 0.717) is 0 Å². The lowest BCUT2D eigenvalue weighted by Crippen LogP contribution is -1.90. The van der Waals surface area contributed by atoms with E-state index in [2.05, 4.69) is 176 Å². The molecule has 0 saturated heterocycles. The predicted octanol–water partition coefficient (Wildman–Crippen LogP) is 13.3. The summed E-state index contributed by atoms with van der Waals surface area (Å²) >= 11 is 31.2. The first-order chi connectivity index (χ1) is 15.6. The summed E-state index contributed by atoms with van der Waals surface area (Å²) in [7, 11) is 0. The first-order valence-corrected chi connectivity index (χ1v) is 16.4. The van der Waals surface area contributed by atoms with Crippen LogP contribution in [0.3, 0.4) is 0 Å². The van der Waals surface area contributed by atoms with Gasteiger partial charge in [0.05, 0.1) is 0 Å². The Kier molecular flexibility index (Phi) is 9.56. The van der Waals surface area contributed by atoms with Gasteiger partial charge in [-0.25, -0.2) is 0 Å². The van der Waals surface area contributed by atoms with Gasteiger partial charge in [-0.05, 0) is 115 Å². The fourth-order valence-corrected chi connectivity index (χ4v) is 9.89. The zero-order valence-electron chi connectivity index (χ0n) is 16.2. The van der Waals surface area contributed by atoms with Crippen molar-refractivity contribution in [2.45, 2.75) is 9.79 Å². The third-order valence-electron chi connectivity index (χ3n) is 4.57. The van der Waals surface area contributed by atoms with Crippen LogP contribution in [0.1, 0.15) is 0 Å². The summed E-state index contributed by atoms with van der Waals surface area (Å²) in [5.74, 6) is 0. The molecule has 33 heavy (non-hydrogen) atoms. The number of benzene rings is 4. The fourth-order valence-electron chi connectivity index (χ4n) is 3.28. The molecule has 0 radical (unpaired) electrons. The Balaban J connectivity index is 1.94. The van der Waals surface area contributed by atoms with Crippen LogP contribution in [0.2, 0.25) is 0 Å². The Bertz CT molecular complexity index is 1240. The molecule has 4 rings (SSSR count). The molecule has 4 aromatic carbocycles. The van der Waals surface area contributed by atoms with Crippen molar-refractivity contribution in [2.75, 3.05) is 0 Å². The Morgan fingerprint density at radius 1 is 0.364 bits per heavy atom. The summed E-state index contributed by atoms with van der Waals surface area (Å²) in [4.78, 5) is 2.25. The second-order valence-electron chi connectivity index (χ2n) is 6.95. The topological polar surface area (TPSA) is 0 Å². The first kappa shape index (κ1) is 27.1. The molecule has 0 aliphatic carbocycles. The lowest BCUT2D eigenvalue weighted by Gasteiger charge is -2.18. The second-order valence-corrected chi connectivity index (χ2v) is 15.2. The van der Waals surface area contributed by atoms with Crippen LogP contribution in [0.25, 0.3) is 22.3 Å². The van der Waals surface area contributed by atoms with Crippen LogP contribution in [0.5, 0.6) is 0 Å². The Morgan fingerprint density at radius 2 is 0.667 bits per heavy atom. The maximum absolute atomic E-state index is 3.82. The molecule has 0 spiro atoms. The summed E-state index contributed by atoms with van der Waals surface area (Å²) in [5.41, 5.74) is 4.47. The van der Waals surface area contributed by atoms with Crippen LogP contribution >= 0.6 is 139 Å². The molecule has 0 heterocycles. The zero-order valence-corrected chi connectivity index (χ0v) is 29.7. The van der Waals surface area contributed by atoms with E-state index in [9.17, 15) is 0 Å². The highest BCUT2D eigenvalue weighted by molar-refractivity contribution is 9.12. The summed E-state index contributed by atoms with van der Waals surface area (Å²) in [6.07, 6.45) is 0. The van der Waals surface area contributed by atoms with Crippen LogP contribution in [0, 0.1) is 0 Å². The molecule has 0 aliphatic heterocycles. The van der Waals surface area contributed by atoms with Gasteiger partial charge in [0.25, 0.3) is 0 Å². The van der Waals surface area contributed by atoms with Gasteiger partial charge in [0.15, 0.2) is 0 Å². The van der Waals surface area contributed by atoms with Crippen LogP contribution in [0.4, 0.5) is 0 Å². The van der Waals surface area contributed by atoms with Crippen molar-refractivity contribution in [1.29, 1.82) is 0 Å². The second kappa shape index (κ2) is 11.6. The molecule has 0 unspecified atom stereocenters. The molecule has 4 aromatic rings. The van der Waals surface area contributed by atoms with Gasteiger partial charge >= 0.3 is 0 Å². The molecule has 168 valence electrons. The molecule has 9 heteroatoms. The van der Waals surface area contributed by atoms with Gasteiger partial charge in [0.1, 0.15) is 0 Å². The maximum Gasteiger partial charge on any atom is 0.0344 e. The van der Waals surface area contributed by atoms with Gasteiger partial charge in [-0.3, -0.25) is 0 Å². The largest absolute Gasteiger partial charge is 0.0864 e. The molecule has 0 fully saturated rings. The highest BCUT2D eigenvalue weighted by Gasteiger charge is 2.19. The highest BCUT2D eigenvalue weighted by Crippen LogP contribution is 2.49. The monoisotopic (exact) mass is 961 g/mol. The Labute approximate surface area is 264 Å². The molecule has 0 saturated carbocycles.